The normalized spacial score (nSPS) is 13.9. The topological polar surface area (TPSA) is 49.3 Å². The summed E-state index contributed by atoms with van der Waals surface area (Å²) >= 11 is 0. The fourth-order valence-electron chi connectivity index (χ4n) is 2.42. The Hall–Kier alpha value is -1.49. The third-order valence-corrected chi connectivity index (χ3v) is 5.50. The number of aliphatic hydroxyl groups is 1. The van der Waals surface area contributed by atoms with Gasteiger partial charge in [-0.25, -0.2) is 0 Å². The van der Waals surface area contributed by atoms with Crippen molar-refractivity contribution < 1.29 is 9.32 Å². The van der Waals surface area contributed by atoms with Crippen molar-refractivity contribution in [3.05, 3.63) is 53.6 Å². The number of nitrogens with one attached hydrogen (secondary N) is 1. The van der Waals surface area contributed by atoms with Gasteiger partial charge in [-0.3, -0.25) is 4.21 Å². The Balaban J connectivity index is 2.39. The summed E-state index contributed by atoms with van der Waals surface area (Å²) in [5.41, 5.74) is 4.51. The zero-order chi connectivity index (χ0) is 17.7. The highest BCUT2D eigenvalue weighted by Crippen LogP contribution is 2.25. The van der Waals surface area contributed by atoms with Crippen LogP contribution in [0, 0.1) is 6.92 Å². The maximum Gasteiger partial charge on any atom is 0.0582 e. The molecular weight excluding hydrogens is 318 g/mol. The number of aryl methyl sites for hydroxylation is 1. The standard InChI is InChI=1S/C20H27NO2S/c1-14(2)24(23)20-10-17(12-21-16(4)13-22)9-19(11-20)18-7-5-15(3)6-8-18/h5-11,14,16,21-22H,12-13H2,1-4H3/t16-,24?/m0/s1. The molecule has 0 aliphatic carbocycles. The van der Waals surface area contributed by atoms with E-state index in [1.165, 1.54) is 5.56 Å². The molecule has 0 aliphatic heterocycles. The van der Waals surface area contributed by atoms with E-state index in [-0.39, 0.29) is 17.9 Å². The first-order valence-electron chi connectivity index (χ1n) is 8.36. The van der Waals surface area contributed by atoms with Crippen LogP contribution in [0.4, 0.5) is 0 Å². The average Bonchev–Trinajstić information content (AvgIpc) is 2.59. The van der Waals surface area contributed by atoms with E-state index in [4.69, 9.17) is 0 Å². The quantitative estimate of drug-likeness (QED) is 0.805. The van der Waals surface area contributed by atoms with Crippen LogP contribution in [0.3, 0.4) is 0 Å². The molecule has 0 fully saturated rings. The molecule has 2 N–H and O–H groups in total. The molecule has 0 radical (unpaired) electrons. The van der Waals surface area contributed by atoms with Gasteiger partial charge in [-0.2, -0.15) is 0 Å². The smallest absolute Gasteiger partial charge is 0.0582 e. The van der Waals surface area contributed by atoms with Gasteiger partial charge in [0.05, 0.1) is 17.4 Å². The van der Waals surface area contributed by atoms with Crippen molar-refractivity contribution in [3.63, 3.8) is 0 Å². The molecule has 2 aromatic carbocycles. The van der Waals surface area contributed by atoms with Gasteiger partial charge >= 0.3 is 0 Å². The zero-order valence-corrected chi connectivity index (χ0v) is 15.7. The molecule has 2 atom stereocenters. The minimum Gasteiger partial charge on any atom is -0.395 e. The Morgan fingerprint density at radius 2 is 1.71 bits per heavy atom. The fraction of sp³-hybridized carbons (Fsp3) is 0.400. The first kappa shape index (κ1) is 18.8. The summed E-state index contributed by atoms with van der Waals surface area (Å²) in [6.07, 6.45) is 0. The second-order valence-electron chi connectivity index (χ2n) is 6.54. The third-order valence-electron chi connectivity index (χ3n) is 3.94. The van der Waals surface area contributed by atoms with E-state index in [0.717, 1.165) is 21.6 Å². The summed E-state index contributed by atoms with van der Waals surface area (Å²) in [6, 6.07) is 14.6. The second kappa shape index (κ2) is 8.56. The van der Waals surface area contributed by atoms with Gasteiger partial charge in [0, 0.05) is 22.7 Å². The molecular formula is C20H27NO2S. The Morgan fingerprint density at radius 3 is 2.29 bits per heavy atom. The summed E-state index contributed by atoms with van der Waals surface area (Å²) in [5.74, 6) is 0. The molecule has 0 aliphatic rings. The van der Waals surface area contributed by atoms with Crippen molar-refractivity contribution in [2.45, 2.75) is 50.4 Å². The van der Waals surface area contributed by atoms with Crippen molar-refractivity contribution >= 4 is 10.8 Å². The Bertz CT molecular complexity index is 695. The van der Waals surface area contributed by atoms with Crippen LogP contribution in [0.2, 0.25) is 0 Å². The van der Waals surface area contributed by atoms with E-state index in [1.54, 1.807) is 0 Å². The molecule has 24 heavy (non-hydrogen) atoms. The van der Waals surface area contributed by atoms with Crippen LogP contribution < -0.4 is 5.32 Å². The van der Waals surface area contributed by atoms with Gasteiger partial charge < -0.3 is 10.4 Å². The highest BCUT2D eigenvalue weighted by molar-refractivity contribution is 7.85. The Labute approximate surface area is 147 Å². The minimum absolute atomic E-state index is 0.0343. The summed E-state index contributed by atoms with van der Waals surface area (Å²) in [5, 5.41) is 12.5. The average molecular weight is 346 g/mol. The van der Waals surface area contributed by atoms with Gasteiger partial charge in [-0.15, -0.1) is 0 Å². The molecule has 4 heteroatoms. The van der Waals surface area contributed by atoms with E-state index in [0.29, 0.717) is 6.54 Å². The maximum absolute atomic E-state index is 12.6. The highest BCUT2D eigenvalue weighted by atomic mass is 32.2. The molecule has 2 rings (SSSR count). The summed E-state index contributed by atoms with van der Waals surface area (Å²) in [4.78, 5) is 0.858. The van der Waals surface area contributed by atoms with Crippen LogP contribution in [-0.4, -0.2) is 27.2 Å². The summed E-state index contributed by atoms with van der Waals surface area (Å²) in [6.45, 7) is 8.70. The number of rotatable bonds is 7. The van der Waals surface area contributed by atoms with Crippen LogP contribution in [0.5, 0.6) is 0 Å². The van der Waals surface area contributed by atoms with E-state index >= 15 is 0 Å². The molecule has 0 amide bonds. The lowest BCUT2D eigenvalue weighted by molar-refractivity contribution is 0.251. The monoisotopic (exact) mass is 345 g/mol. The number of hydrogen-bond acceptors (Lipinski definition) is 3. The van der Waals surface area contributed by atoms with Crippen LogP contribution in [-0.2, 0) is 17.3 Å². The van der Waals surface area contributed by atoms with E-state index in [9.17, 15) is 9.32 Å². The molecule has 0 spiro atoms. The van der Waals surface area contributed by atoms with Crippen molar-refractivity contribution in [2.24, 2.45) is 0 Å². The van der Waals surface area contributed by atoms with Crippen LogP contribution in [0.1, 0.15) is 31.9 Å². The van der Waals surface area contributed by atoms with Crippen LogP contribution in [0.25, 0.3) is 11.1 Å². The Kier molecular flexibility index (Phi) is 6.72. The number of aliphatic hydroxyl groups excluding tert-OH is 1. The van der Waals surface area contributed by atoms with E-state index in [1.807, 2.05) is 32.9 Å². The van der Waals surface area contributed by atoms with Gasteiger partial charge in [0.25, 0.3) is 0 Å². The maximum atomic E-state index is 12.6. The lowest BCUT2D eigenvalue weighted by atomic mass is 10.0. The molecule has 0 heterocycles. The van der Waals surface area contributed by atoms with Gasteiger partial charge in [0.15, 0.2) is 0 Å². The fourth-order valence-corrected chi connectivity index (χ4v) is 3.48. The SMILES string of the molecule is Cc1ccc(-c2cc(CN[C@@H](C)CO)cc(S(=O)C(C)C)c2)cc1. The minimum atomic E-state index is -1.03. The zero-order valence-electron chi connectivity index (χ0n) is 14.9. The molecule has 130 valence electrons. The lowest BCUT2D eigenvalue weighted by Crippen LogP contribution is -2.28. The molecule has 3 nitrogen and oxygen atoms in total. The van der Waals surface area contributed by atoms with Crippen molar-refractivity contribution in [3.8, 4) is 11.1 Å². The van der Waals surface area contributed by atoms with Crippen molar-refractivity contribution in [2.75, 3.05) is 6.61 Å². The molecule has 1 unspecified atom stereocenters. The molecule has 0 saturated carbocycles. The molecule has 2 aromatic rings. The van der Waals surface area contributed by atoms with E-state index < -0.39 is 10.8 Å². The first-order valence-corrected chi connectivity index (χ1v) is 9.58. The number of benzene rings is 2. The predicted octanol–water partition coefficient (Wildman–Crippen LogP) is 3.65. The Morgan fingerprint density at radius 1 is 1.04 bits per heavy atom. The number of hydrogen-bond donors (Lipinski definition) is 2. The third kappa shape index (κ3) is 5.00. The lowest BCUT2D eigenvalue weighted by Gasteiger charge is -2.14. The summed E-state index contributed by atoms with van der Waals surface area (Å²) < 4.78 is 12.6. The first-order chi connectivity index (χ1) is 11.4. The predicted molar refractivity (Wildman–Crippen MR) is 102 cm³/mol. The van der Waals surface area contributed by atoms with Gasteiger partial charge in [-0.1, -0.05) is 43.7 Å². The van der Waals surface area contributed by atoms with Gasteiger partial charge in [0.1, 0.15) is 0 Å². The van der Waals surface area contributed by atoms with Crippen molar-refractivity contribution in [1.29, 1.82) is 0 Å². The molecule has 0 bridgehead atoms. The molecule has 0 saturated heterocycles. The summed E-state index contributed by atoms with van der Waals surface area (Å²) in [7, 11) is -1.03. The second-order valence-corrected chi connectivity index (χ2v) is 8.55. The van der Waals surface area contributed by atoms with Crippen molar-refractivity contribution in [1.82, 2.24) is 5.32 Å². The van der Waals surface area contributed by atoms with Gasteiger partial charge in [-0.05, 0) is 48.7 Å². The largest absolute Gasteiger partial charge is 0.395 e. The van der Waals surface area contributed by atoms with E-state index in [2.05, 4.69) is 42.6 Å². The van der Waals surface area contributed by atoms with Crippen LogP contribution >= 0.6 is 0 Å². The van der Waals surface area contributed by atoms with Crippen LogP contribution in [0.15, 0.2) is 47.4 Å². The highest BCUT2D eigenvalue weighted by Gasteiger charge is 2.12. The molecule has 0 aromatic heterocycles. The van der Waals surface area contributed by atoms with Gasteiger partial charge in [0.2, 0.25) is 0 Å².